The monoisotopic (exact) mass is 244 g/mol. The minimum absolute atomic E-state index is 0.144. The molecule has 0 saturated carbocycles. The Morgan fingerprint density at radius 3 is 2.93 bits per heavy atom. The standard InChI is InChI=1S/C11H13ClO2S/c1-8(11(13)14-2)15-7-9-4-3-5-10(12)6-9/h3-6,8H,7H2,1-2H3. The van der Waals surface area contributed by atoms with Crippen molar-refractivity contribution in [1.82, 2.24) is 0 Å². The highest BCUT2D eigenvalue weighted by Gasteiger charge is 2.13. The van der Waals surface area contributed by atoms with Crippen LogP contribution >= 0.6 is 23.4 Å². The first-order chi connectivity index (χ1) is 7.13. The van der Waals surface area contributed by atoms with Gasteiger partial charge in [0.25, 0.3) is 0 Å². The van der Waals surface area contributed by atoms with Gasteiger partial charge in [-0.1, -0.05) is 23.7 Å². The summed E-state index contributed by atoms with van der Waals surface area (Å²) in [5.41, 5.74) is 1.11. The summed E-state index contributed by atoms with van der Waals surface area (Å²) in [5, 5.41) is 0.577. The Balaban J connectivity index is 2.47. The lowest BCUT2D eigenvalue weighted by atomic mass is 10.2. The lowest BCUT2D eigenvalue weighted by Crippen LogP contribution is -2.14. The van der Waals surface area contributed by atoms with Crippen molar-refractivity contribution in [3.05, 3.63) is 34.9 Å². The van der Waals surface area contributed by atoms with Crippen molar-refractivity contribution in [2.75, 3.05) is 7.11 Å². The molecule has 15 heavy (non-hydrogen) atoms. The number of methoxy groups -OCH3 is 1. The molecule has 1 rings (SSSR count). The van der Waals surface area contributed by atoms with Gasteiger partial charge < -0.3 is 4.74 Å². The SMILES string of the molecule is COC(=O)C(C)SCc1cccc(Cl)c1. The highest BCUT2D eigenvalue weighted by molar-refractivity contribution is 7.99. The average molecular weight is 245 g/mol. The van der Waals surface area contributed by atoms with Crippen LogP contribution in [-0.2, 0) is 15.3 Å². The maximum absolute atomic E-state index is 11.1. The molecule has 1 aromatic carbocycles. The Morgan fingerprint density at radius 1 is 1.60 bits per heavy atom. The van der Waals surface area contributed by atoms with Gasteiger partial charge in [-0.05, 0) is 24.6 Å². The van der Waals surface area contributed by atoms with E-state index in [-0.39, 0.29) is 11.2 Å². The Morgan fingerprint density at radius 2 is 2.33 bits per heavy atom. The number of hydrogen-bond acceptors (Lipinski definition) is 3. The van der Waals surface area contributed by atoms with Crippen LogP contribution in [0, 0.1) is 0 Å². The summed E-state index contributed by atoms with van der Waals surface area (Å²) in [4.78, 5) is 11.1. The summed E-state index contributed by atoms with van der Waals surface area (Å²) in [7, 11) is 1.40. The number of benzene rings is 1. The van der Waals surface area contributed by atoms with Crippen molar-refractivity contribution < 1.29 is 9.53 Å². The minimum atomic E-state index is -0.193. The maximum Gasteiger partial charge on any atom is 0.318 e. The molecule has 0 bridgehead atoms. The third-order valence-corrected chi connectivity index (χ3v) is 3.35. The number of thioether (sulfide) groups is 1. The van der Waals surface area contributed by atoms with Crippen molar-refractivity contribution in [1.29, 1.82) is 0 Å². The Labute approximate surface area is 99.0 Å². The van der Waals surface area contributed by atoms with E-state index in [9.17, 15) is 4.79 Å². The van der Waals surface area contributed by atoms with Crippen LogP contribution in [0.5, 0.6) is 0 Å². The second-order valence-corrected chi connectivity index (χ2v) is 4.87. The molecule has 0 fully saturated rings. The van der Waals surface area contributed by atoms with Gasteiger partial charge in [-0.15, -0.1) is 11.8 Å². The average Bonchev–Trinajstić information content (AvgIpc) is 2.25. The number of ether oxygens (including phenoxy) is 1. The van der Waals surface area contributed by atoms with Gasteiger partial charge in [0.1, 0.15) is 0 Å². The molecule has 4 heteroatoms. The van der Waals surface area contributed by atoms with E-state index in [4.69, 9.17) is 11.6 Å². The van der Waals surface area contributed by atoms with Gasteiger partial charge in [-0.25, -0.2) is 0 Å². The van der Waals surface area contributed by atoms with E-state index in [1.807, 2.05) is 31.2 Å². The van der Waals surface area contributed by atoms with Gasteiger partial charge in [0, 0.05) is 10.8 Å². The van der Waals surface area contributed by atoms with Crippen LogP contribution in [0.2, 0.25) is 5.02 Å². The Hall–Kier alpha value is -0.670. The molecule has 0 aromatic heterocycles. The molecule has 0 saturated heterocycles. The number of carbonyl (C=O) groups excluding carboxylic acids is 1. The third kappa shape index (κ3) is 4.14. The van der Waals surface area contributed by atoms with Crippen LogP contribution in [0.1, 0.15) is 12.5 Å². The smallest absolute Gasteiger partial charge is 0.318 e. The normalized spacial score (nSPS) is 12.2. The molecule has 0 aliphatic rings. The maximum atomic E-state index is 11.1. The second-order valence-electron chi connectivity index (χ2n) is 3.11. The summed E-state index contributed by atoms with van der Waals surface area (Å²) in [6, 6.07) is 7.63. The summed E-state index contributed by atoms with van der Waals surface area (Å²) in [6.07, 6.45) is 0. The van der Waals surface area contributed by atoms with Gasteiger partial charge in [0.15, 0.2) is 0 Å². The van der Waals surface area contributed by atoms with Crippen LogP contribution < -0.4 is 0 Å². The number of halogens is 1. The lowest BCUT2D eigenvalue weighted by molar-refractivity contribution is -0.139. The molecule has 0 heterocycles. The summed E-state index contributed by atoms with van der Waals surface area (Å²) < 4.78 is 4.64. The number of hydrogen-bond donors (Lipinski definition) is 0. The first-order valence-electron chi connectivity index (χ1n) is 4.57. The van der Waals surface area contributed by atoms with Crippen molar-refractivity contribution in [3.63, 3.8) is 0 Å². The van der Waals surface area contributed by atoms with E-state index in [0.29, 0.717) is 0 Å². The van der Waals surface area contributed by atoms with Crippen molar-refractivity contribution in [3.8, 4) is 0 Å². The highest BCUT2D eigenvalue weighted by Crippen LogP contribution is 2.20. The molecule has 0 amide bonds. The molecule has 1 atom stereocenters. The topological polar surface area (TPSA) is 26.3 Å². The quantitative estimate of drug-likeness (QED) is 0.762. The zero-order valence-corrected chi connectivity index (χ0v) is 10.3. The van der Waals surface area contributed by atoms with E-state index in [2.05, 4.69) is 4.74 Å². The van der Waals surface area contributed by atoms with Crippen LogP contribution in [0.15, 0.2) is 24.3 Å². The van der Waals surface area contributed by atoms with E-state index in [1.54, 1.807) is 0 Å². The van der Waals surface area contributed by atoms with Crippen LogP contribution in [0.4, 0.5) is 0 Å². The summed E-state index contributed by atoms with van der Waals surface area (Å²) in [5.74, 6) is 0.568. The zero-order valence-electron chi connectivity index (χ0n) is 8.70. The largest absolute Gasteiger partial charge is 0.468 e. The molecule has 0 aliphatic heterocycles. The third-order valence-electron chi connectivity index (χ3n) is 1.92. The van der Waals surface area contributed by atoms with E-state index in [1.165, 1.54) is 18.9 Å². The predicted octanol–water partition coefficient (Wildman–Crippen LogP) is 3.13. The van der Waals surface area contributed by atoms with E-state index >= 15 is 0 Å². The highest BCUT2D eigenvalue weighted by atomic mass is 35.5. The van der Waals surface area contributed by atoms with Gasteiger partial charge in [-0.2, -0.15) is 0 Å². The van der Waals surface area contributed by atoms with Gasteiger partial charge in [0.2, 0.25) is 0 Å². The fourth-order valence-electron chi connectivity index (χ4n) is 1.08. The molecular formula is C11H13ClO2S. The number of rotatable bonds is 4. The number of carbonyl (C=O) groups is 1. The Kier molecular flexibility index (Phi) is 4.99. The first kappa shape index (κ1) is 12.4. The van der Waals surface area contributed by atoms with Gasteiger partial charge in [-0.3, -0.25) is 4.79 Å². The molecule has 2 nitrogen and oxygen atoms in total. The summed E-state index contributed by atoms with van der Waals surface area (Å²) >= 11 is 7.39. The van der Waals surface area contributed by atoms with Gasteiger partial charge >= 0.3 is 5.97 Å². The molecule has 82 valence electrons. The van der Waals surface area contributed by atoms with Crippen molar-refractivity contribution >= 4 is 29.3 Å². The molecule has 0 radical (unpaired) electrons. The molecule has 0 aliphatic carbocycles. The van der Waals surface area contributed by atoms with E-state index in [0.717, 1.165) is 16.3 Å². The van der Waals surface area contributed by atoms with Crippen LogP contribution in [-0.4, -0.2) is 18.3 Å². The van der Waals surface area contributed by atoms with Crippen molar-refractivity contribution in [2.24, 2.45) is 0 Å². The Bertz CT molecular complexity index is 341. The lowest BCUT2D eigenvalue weighted by Gasteiger charge is -2.08. The molecule has 0 N–H and O–H groups in total. The second kappa shape index (κ2) is 6.03. The fourth-order valence-corrected chi connectivity index (χ4v) is 2.15. The molecular weight excluding hydrogens is 232 g/mol. The van der Waals surface area contributed by atoms with Gasteiger partial charge in [0.05, 0.1) is 12.4 Å². The predicted molar refractivity (Wildman–Crippen MR) is 64.2 cm³/mol. The summed E-state index contributed by atoms with van der Waals surface area (Å²) in [6.45, 7) is 1.83. The van der Waals surface area contributed by atoms with Crippen LogP contribution in [0.25, 0.3) is 0 Å². The molecule has 1 aromatic rings. The van der Waals surface area contributed by atoms with Crippen molar-refractivity contribution in [2.45, 2.75) is 17.9 Å². The minimum Gasteiger partial charge on any atom is -0.468 e. The zero-order chi connectivity index (χ0) is 11.3. The van der Waals surface area contributed by atoms with E-state index < -0.39 is 0 Å². The number of esters is 1. The molecule has 1 unspecified atom stereocenters. The van der Waals surface area contributed by atoms with Crippen LogP contribution in [0.3, 0.4) is 0 Å². The first-order valence-corrected chi connectivity index (χ1v) is 6.00. The fraction of sp³-hybridized carbons (Fsp3) is 0.364. The molecule has 0 spiro atoms.